The second-order valence-corrected chi connectivity index (χ2v) is 16.2. The summed E-state index contributed by atoms with van der Waals surface area (Å²) in [5.74, 6) is 0.664. The third kappa shape index (κ3) is 6.07. The molecule has 0 saturated carbocycles. The third-order valence-electron chi connectivity index (χ3n) is 10.0. The lowest BCUT2D eigenvalue weighted by molar-refractivity contribution is -0.202. The van der Waals surface area contributed by atoms with Crippen molar-refractivity contribution in [3.8, 4) is 11.5 Å². The van der Waals surface area contributed by atoms with Crippen molar-refractivity contribution in [3.63, 3.8) is 0 Å². The van der Waals surface area contributed by atoms with Gasteiger partial charge in [-0.2, -0.15) is 15.1 Å². The standard InChI is InChI=1S/C37H37ClN5O7P/c1-36(2)47-30-29(20-45-23-51(44,49-25-12-5-3-6-13-25)50-26-14-7-4-8-15-26)46-34(31(30)48-36)43-33-27(19-39-43)32(40-35(38)41-33)42-21-37(22-42)18-17-24-11-9-10-16-28(24)37/h3-16,19,29-31,34H,17-18,20-23H2,1-2H3/t29-,30-,31-,34-/m1/s1. The molecule has 5 aromatic rings. The van der Waals surface area contributed by atoms with Gasteiger partial charge in [0.1, 0.15) is 35.6 Å². The molecule has 4 atom stereocenters. The van der Waals surface area contributed by atoms with E-state index >= 15 is 0 Å². The van der Waals surface area contributed by atoms with Crippen molar-refractivity contribution in [1.29, 1.82) is 0 Å². The number of aromatic nitrogens is 4. The summed E-state index contributed by atoms with van der Waals surface area (Å²) in [6, 6.07) is 26.5. The van der Waals surface area contributed by atoms with Crippen LogP contribution in [0.25, 0.3) is 11.0 Å². The summed E-state index contributed by atoms with van der Waals surface area (Å²) in [6.07, 6.45) is 1.28. The first kappa shape index (κ1) is 32.8. The predicted octanol–water partition coefficient (Wildman–Crippen LogP) is 6.93. The van der Waals surface area contributed by atoms with Crippen molar-refractivity contribution in [2.24, 2.45) is 0 Å². The molecule has 0 radical (unpaired) electrons. The lowest BCUT2D eigenvalue weighted by Gasteiger charge is -2.49. The molecule has 12 nitrogen and oxygen atoms in total. The van der Waals surface area contributed by atoms with Crippen LogP contribution in [-0.2, 0) is 35.3 Å². The zero-order valence-electron chi connectivity index (χ0n) is 28.1. The number of aryl methyl sites for hydroxylation is 1. The predicted molar refractivity (Wildman–Crippen MR) is 189 cm³/mol. The van der Waals surface area contributed by atoms with Gasteiger partial charge in [0, 0.05) is 18.5 Å². The molecule has 1 spiro atoms. The normalized spacial score (nSPS) is 24.4. The first-order valence-electron chi connectivity index (χ1n) is 17.1. The van der Waals surface area contributed by atoms with Gasteiger partial charge in [-0.05, 0) is 73.7 Å². The van der Waals surface area contributed by atoms with E-state index in [1.807, 2.05) is 26.0 Å². The summed E-state index contributed by atoms with van der Waals surface area (Å²) in [7, 11) is -3.82. The van der Waals surface area contributed by atoms with Gasteiger partial charge in [-0.15, -0.1) is 0 Å². The van der Waals surface area contributed by atoms with Gasteiger partial charge in [-0.1, -0.05) is 60.7 Å². The van der Waals surface area contributed by atoms with Crippen molar-refractivity contribution < 1.29 is 32.6 Å². The Balaban J connectivity index is 0.946. The average molecular weight is 730 g/mol. The van der Waals surface area contributed by atoms with Crippen LogP contribution in [0.3, 0.4) is 0 Å². The van der Waals surface area contributed by atoms with E-state index in [9.17, 15) is 4.57 Å². The smallest absolute Gasteiger partial charge is 0.415 e. The number of benzene rings is 3. The molecular formula is C37H37ClN5O7P. The summed E-state index contributed by atoms with van der Waals surface area (Å²) in [6.45, 7) is 5.43. The molecule has 2 aromatic heterocycles. The lowest BCUT2D eigenvalue weighted by Crippen LogP contribution is -2.58. The van der Waals surface area contributed by atoms with Crippen molar-refractivity contribution in [2.45, 2.75) is 62.4 Å². The molecule has 14 heteroatoms. The van der Waals surface area contributed by atoms with Crippen LogP contribution in [-0.4, -0.2) is 69.9 Å². The van der Waals surface area contributed by atoms with E-state index in [1.165, 1.54) is 11.1 Å². The Morgan fingerprint density at radius 3 is 2.29 bits per heavy atom. The SMILES string of the molecule is CC1(C)O[C@@H]2[C@H](O1)[C@@H](COCP(=O)(Oc1ccccc1)Oc1ccccc1)O[C@H]2n1ncc2c(N3CC4(CCc5ccccc54)C3)nc(Cl)nc21. The number of nitrogens with zero attached hydrogens (tertiary/aromatic N) is 5. The first-order chi connectivity index (χ1) is 24.7. The minimum absolute atomic E-state index is 0.0227. The topological polar surface area (TPSA) is 119 Å². The molecule has 51 heavy (non-hydrogen) atoms. The molecule has 3 fully saturated rings. The largest absolute Gasteiger partial charge is 0.456 e. The van der Waals surface area contributed by atoms with Crippen LogP contribution in [0.1, 0.15) is 37.6 Å². The van der Waals surface area contributed by atoms with Crippen molar-refractivity contribution >= 4 is 36.0 Å². The fourth-order valence-corrected chi connectivity index (χ4v) is 9.38. The van der Waals surface area contributed by atoms with Crippen LogP contribution in [0.4, 0.5) is 5.82 Å². The fourth-order valence-electron chi connectivity index (χ4n) is 7.87. The molecule has 0 bridgehead atoms. The van der Waals surface area contributed by atoms with Crippen LogP contribution in [0.15, 0.2) is 91.1 Å². The van der Waals surface area contributed by atoms with Gasteiger partial charge in [-0.3, -0.25) is 0 Å². The molecule has 264 valence electrons. The summed E-state index contributed by atoms with van der Waals surface area (Å²) < 4.78 is 52.8. The molecule has 1 aliphatic carbocycles. The number of halogens is 1. The monoisotopic (exact) mass is 729 g/mol. The van der Waals surface area contributed by atoms with Gasteiger partial charge >= 0.3 is 7.60 Å². The number of rotatable bonds is 10. The summed E-state index contributed by atoms with van der Waals surface area (Å²) in [5, 5.41) is 5.64. The highest BCUT2D eigenvalue weighted by Gasteiger charge is 2.57. The van der Waals surface area contributed by atoms with Crippen molar-refractivity contribution in [3.05, 3.63) is 108 Å². The minimum atomic E-state index is -3.82. The number of para-hydroxylation sites is 2. The second-order valence-electron chi connectivity index (χ2n) is 14.0. The van der Waals surface area contributed by atoms with Crippen LogP contribution >= 0.6 is 19.2 Å². The van der Waals surface area contributed by atoms with E-state index in [2.05, 4.69) is 39.1 Å². The Hall–Kier alpha value is -4.03. The number of ether oxygens (including phenoxy) is 4. The van der Waals surface area contributed by atoms with Gasteiger partial charge in [0.05, 0.1) is 18.2 Å². The van der Waals surface area contributed by atoms with Crippen LogP contribution < -0.4 is 13.9 Å². The molecule has 3 aromatic carbocycles. The average Bonchev–Trinajstić information content (AvgIpc) is 3.85. The van der Waals surface area contributed by atoms with E-state index in [0.29, 0.717) is 17.1 Å². The molecule has 3 saturated heterocycles. The van der Waals surface area contributed by atoms with Crippen molar-refractivity contribution in [2.75, 3.05) is 30.9 Å². The molecule has 5 heterocycles. The molecule has 0 amide bonds. The highest BCUT2D eigenvalue weighted by Crippen LogP contribution is 2.50. The summed E-state index contributed by atoms with van der Waals surface area (Å²) in [4.78, 5) is 11.5. The van der Waals surface area contributed by atoms with Crippen LogP contribution in [0, 0.1) is 0 Å². The summed E-state index contributed by atoms with van der Waals surface area (Å²) in [5.41, 5.74) is 3.52. The van der Waals surface area contributed by atoms with E-state index in [1.54, 1.807) is 59.4 Å². The fraction of sp³-hybridized carbons (Fsp3) is 0.378. The third-order valence-corrected chi connectivity index (χ3v) is 11.7. The molecule has 0 unspecified atom stereocenters. The maximum atomic E-state index is 14.0. The Labute approximate surface area is 300 Å². The Kier molecular flexibility index (Phi) is 8.10. The zero-order valence-corrected chi connectivity index (χ0v) is 29.8. The van der Waals surface area contributed by atoms with E-state index in [-0.39, 0.29) is 23.7 Å². The van der Waals surface area contributed by atoms with Gasteiger partial charge < -0.3 is 32.9 Å². The Bertz CT molecular complexity index is 2070. The van der Waals surface area contributed by atoms with Gasteiger partial charge in [0.2, 0.25) is 5.28 Å². The number of hydrogen-bond acceptors (Lipinski definition) is 11. The summed E-state index contributed by atoms with van der Waals surface area (Å²) >= 11 is 6.57. The van der Waals surface area contributed by atoms with Gasteiger partial charge in [0.15, 0.2) is 24.0 Å². The van der Waals surface area contributed by atoms with E-state index in [0.717, 1.165) is 37.1 Å². The molecule has 3 aliphatic heterocycles. The maximum absolute atomic E-state index is 14.0. The quantitative estimate of drug-likeness (QED) is 0.110. The van der Waals surface area contributed by atoms with E-state index in [4.69, 9.17) is 44.7 Å². The van der Waals surface area contributed by atoms with E-state index < -0.39 is 37.9 Å². The highest BCUT2D eigenvalue weighted by molar-refractivity contribution is 7.54. The molecular weight excluding hydrogens is 693 g/mol. The lowest BCUT2D eigenvalue weighted by atomic mass is 9.75. The zero-order chi connectivity index (χ0) is 34.8. The Morgan fingerprint density at radius 1 is 0.902 bits per heavy atom. The Morgan fingerprint density at radius 2 is 1.57 bits per heavy atom. The van der Waals surface area contributed by atoms with Crippen LogP contribution in [0.5, 0.6) is 11.5 Å². The highest BCUT2D eigenvalue weighted by atomic mass is 35.5. The first-order valence-corrected chi connectivity index (χ1v) is 19.2. The maximum Gasteiger partial charge on any atom is 0.456 e. The molecule has 4 aliphatic rings. The minimum Gasteiger partial charge on any atom is -0.415 e. The number of anilines is 1. The number of fused-ring (bicyclic) bond motifs is 4. The van der Waals surface area contributed by atoms with Crippen LogP contribution in [0.2, 0.25) is 5.28 Å². The molecule has 9 rings (SSSR count). The molecule has 0 N–H and O–H groups in total. The van der Waals surface area contributed by atoms with Crippen molar-refractivity contribution in [1.82, 2.24) is 19.7 Å². The number of hydrogen-bond donors (Lipinski definition) is 0. The van der Waals surface area contributed by atoms with Gasteiger partial charge in [0.25, 0.3) is 0 Å². The van der Waals surface area contributed by atoms with Gasteiger partial charge in [-0.25, -0.2) is 9.25 Å². The second kappa shape index (κ2) is 12.6.